The second kappa shape index (κ2) is 9.01. The first kappa shape index (κ1) is 19.3. The van der Waals surface area contributed by atoms with Gasteiger partial charge in [-0.25, -0.2) is 0 Å². The number of ether oxygens (including phenoxy) is 3. The van der Waals surface area contributed by atoms with Crippen molar-refractivity contribution in [2.24, 2.45) is 0 Å². The molecule has 7 heteroatoms. The number of hydrogen-bond acceptors (Lipinski definition) is 4. The van der Waals surface area contributed by atoms with E-state index in [0.29, 0.717) is 25.0 Å². The molecule has 0 saturated carbocycles. The monoisotopic (exact) mass is 406 g/mol. The molecular formula is C21H27ClN2O4+2. The first-order valence-corrected chi connectivity index (χ1v) is 10.2. The van der Waals surface area contributed by atoms with Gasteiger partial charge in [-0.2, -0.15) is 0 Å². The predicted octanol–water partition coefficient (Wildman–Crippen LogP) is -0.208. The standard InChI is InChI=1S/C21H25ClN2O4/c22-17-2-4-19(5-3-17)26-14-18(25)13-24-9-7-23(8-10-24)12-16-1-6-20-21(11-16)28-15-27-20/h1-6,11,18,25H,7-10,12-15H2/p+2/t18-/m1/s1. The summed E-state index contributed by atoms with van der Waals surface area (Å²) in [5, 5.41) is 11.0. The van der Waals surface area contributed by atoms with Crippen molar-refractivity contribution in [2.45, 2.75) is 12.6 Å². The molecule has 2 aromatic rings. The summed E-state index contributed by atoms with van der Waals surface area (Å²) in [6, 6.07) is 13.4. The molecule has 0 radical (unpaired) electrons. The number of hydrogen-bond donors (Lipinski definition) is 3. The molecule has 3 N–H and O–H groups in total. The van der Waals surface area contributed by atoms with Crippen molar-refractivity contribution in [1.82, 2.24) is 0 Å². The Hall–Kier alpha value is -1.99. The van der Waals surface area contributed by atoms with E-state index in [0.717, 1.165) is 50.0 Å². The van der Waals surface area contributed by atoms with Crippen molar-refractivity contribution in [3.63, 3.8) is 0 Å². The van der Waals surface area contributed by atoms with Gasteiger partial charge in [-0.3, -0.25) is 0 Å². The van der Waals surface area contributed by atoms with Gasteiger partial charge in [-0.05, 0) is 42.5 Å². The molecule has 2 aromatic carbocycles. The van der Waals surface area contributed by atoms with E-state index in [1.165, 1.54) is 10.5 Å². The van der Waals surface area contributed by atoms with Crippen LogP contribution < -0.4 is 24.0 Å². The van der Waals surface area contributed by atoms with E-state index in [-0.39, 0.29) is 0 Å². The molecule has 150 valence electrons. The first-order valence-electron chi connectivity index (χ1n) is 9.78. The highest BCUT2D eigenvalue weighted by atomic mass is 35.5. The van der Waals surface area contributed by atoms with Gasteiger partial charge in [0.1, 0.15) is 57.7 Å². The minimum absolute atomic E-state index is 0.304. The number of piperazine rings is 1. The summed E-state index contributed by atoms with van der Waals surface area (Å²) in [5.74, 6) is 2.42. The Kier molecular flexibility index (Phi) is 6.22. The zero-order valence-electron chi connectivity index (χ0n) is 15.8. The van der Waals surface area contributed by atoms with Crippen LogP contribution >= 0.6 is 11.6 Å². The van der Waals surface area contributed by atoms with Crippen molar-refractivity contribution < 1.29 is 29.1 Å². The molecule has 0 bridgehead atoms. The van der Waals surface area contributed by atoms with Crippen LogP contribution in [0.5, 0.6) is 17.2 Å². The summed E-state index contributed by atoms with van der Waals surface area (Å²) in [7, 11) is 0. The van der Waals surface area contributed by atoms with Crippen LogP contribution in [0.2, 0.25) is 5.02 Å². The predicted molar refractivity (Wildman–Crippen MR) is 105 cm³/mol. The van der Waals surface area contributed by atoms with Crippen molar-refractivity contribution >= 4 is 11.6 Å². The lowest BCUT2D eigenvalue weighted by Gasteiger charge is -2.30. The third-order valence-electron chi connectivity index (χ3n) is 5.34. The van der Waals surface area contributed by atoms with Gasteiger partial charge in [-0.1, -0.05) is 11.6 Å². The van der Waals surface area contributed by atoms with Crippen molar-refractivity contribution in [1.29, 1.82) is 0 Å². The van der Waals surface area contributed by atoms with E-state index >= 15 is 0 Å². The molecule has 0 aromatic heterocycles. The Morgan fingerprint density at radius 1 is 0.964 bits per heavy atom. The molecule has 2 aliphatic heterocycles. The zero-order chi connectivity index (χ0) is 19.3. The Labute approximate surface area is 170 Å². The lowest BCUT2D eigenvalue weighted by molar-refractivity contribution is -1.02. The molecule has 0 unspecified atom stereocenters. The lowest BCUT2D eigenvalue weighted by atomic mass is 10.1. The smallest absolute Gasteiger partial charge is 0.231 e. The molecule has 1 fully saturated rings. The van der Waals surface area contributed by atoms with Crippen LogP contribution in [-0.2, 0) is 6.54 Å². The van der Waals surface area contributed by atoms with Gasteiger partial charge in [-0.15, -0.1) is 0 Å². The SMILES string of the molecule is O[C@@H](COc1ccc(Cl)cc1)C[NH+]1CC[NH+](Cc2ccc3c(c2)OCO3)CC1. The van der Waals surface area contributed by atoms with Crippen molar-refractivity contribution in [2.75, 3.05) is 46.1 Å². The van der Waals surface area contributed by atoms with E-state index in [1.807, 2.05) is 18.2 Å². The summed E-state index contributed by atoms with van der Waals surface area (Å²) in [6.07, 6.45) is -0.471. The summed E-state index contributed by atoms with van der Waals surface area (Å²) in [4.78, 5) is 3.00. The highest BCUT2D eigenvalue weighted by Gasteiger charge is 2.25. The summed E-state index contributed by atoms with van der Waals surface area (Å²) in [6.45, 7) is 6.62. The molecule has 2 heterocycles. The van der Waals surface area contributed by atoms with Crippen molar-refractivity contribution in [3.05, 3.63) is 53.1 Å². The number of fused-ring (bicyclic) bond motifs is 1. The largest absolute Gasteiger partial charge is 0.491 e. The van der Waals surface area contributed by atoms with Crippen LogP contribution in [0.15, 0.2) is 42.5 Å². The van der Waals surface area contributed by atoms with Gasteiger partial charge in [0.25, 0.3) is 0 Å². The highest BCUT2D eigenvalue weighted by Crippen LogP contribution is 2.32. The molecular weight excluding hydrogens is 380 g/mol. The Balaban J connectivity index is 1.18. The van der Waals surface area contributed by atoms with Gasteiger partial charge >= 0.3 is 0 Å². The van der Waals surface area contributed by atoms with Crippen LogP contribution in [0.4, 0.5) is 0 Å². The second-order valence-electron chi connectivity index (χ2n) is 7.49. The second-order valence-corrected chi connectivity index (χ2v) is 7.92. The van der Waals surface area contributed by atoms with E-state index in [9.17, 15) is 5.11 Å². The van der Waals surface area contributed by atoms with Gasteiger partial charge in [0.2, 0.25) is 6.79 Å². The average molecular weight is 407 g/mol. The topological polar surface area (TPSA) is 56.8 Å². The van der Waals surface area contributed by atoms with E-state index < -0.39 is 6.10 Å². The maximum atomic E-state index is 10.3. The number of halogens is 1. The normalized spacial score (nSPS) is 22.1. The first-order chi connectivity index (χ1) is 13.7. The molecule has 1 saturated heterocycles. The zero-order valence-corrected chi connectivity index (χ0v) is 16.6. The van der Waals surface area contributed by atoms with Crippen LogP contribution in [-0.4, -0.2) is 57.3 Å². The van der Waals surface area contributed by atoms with Crippen molar-refractivity contribution in [3.8, 4) is 17.2 Å². The highest BCUT2D eigenvalue weighted by molar-refractivity contribution is 6.30. The quantitative estimate of drug-likeness (QED) is 0.595. The number of rotatable bonds is 7. The third kappa shape index (κ3) is 5.08. The van der Waals surface area contributed by atoms with Crippen LogP contribution in [0.3, 0.4) is 0 Å². The molecule has 2 aliphatic rings. The minimum atomic E-state index is -0.471. The Bertz CT molecular complexity index is 778. The minimum Gasteiger partial charge on any atom is -0.491 e. The summed E-state index contributed by atoms with van der Waals surface area (Å²) >= 11 is 5.87. The Morgan fingerprint density at radius 3 is 2.46 bits per heavy atom. The lowest BCUT2D eigenvalue weighted by Crippen LogP contribution is -3.28. The molecule has 0 spiro atoms. The molecule has 1 atom stereocenters. The van der Waals surface area contributed by atoms with Gasteiger partial charge in [0, 0.05) is 10.6 Å². The number of aliphatic hydroxyl groups is 1. The molecule has 28 heavy (non-hydrogen) atoms. The van der Waals surface area contributed by atoms with Crippen LogP contribution in [0, 0.1) is 0 Å². The average Bonchev–Trinajstić information content (AvgIpc) is 3.17. The van der Waals surface area contributed by atoms with E-state index in [2.05, 4.69) is 12.1 Å². The molecule has 0 amide bonds. The Morgan fingerprint density at radius 2 is 1.68 bits per heavy atom. The van der Waals surface area contributed by atoms with Crippen LogP contribution in [0.25, 0.3) is 0 Å². The van der Waals surface area contributed by atoms with E-state index in [4.69, 9.17) is 25.8 Å². The van der Waals surface area contributed by atoms with Gasteiger partial charge in [0.15, 0.2) is 11.5 Å². The maximum absolute atomic E-state index is 10.3. The number of quaternary nitrogens is 2. The molecule has 0 aliphatic carbocycles. The number of aliphatic hydroxyl groups excluding tert-OH is 1. The number of nitrogens with one attached hydrogen (secondary N) is 2. The van der Waals surface area contributed by atoms with E-state index in [1.54, 1.807) is 17.0 Å². The fraction of sp³-hybridized carbons (Fsp3) is 0.429. The molecule has 6 nitrogen and oxygen atoms in total. The van der Waals surface area contributed by atoms with Crippen LogP contribution in [0.1, 0.15) is 5.56 Å². The number of benzene rings is 2. The summed E-state index contributed by atoms with van der Waals surface area (Å²) < 4.78 is 16.5. The van der Waals surface area contributed by atoms with Gasteiger partial charge < -0.3 is 29.1 Å². The summed E-state index contributed by atoms with van der Waals surface area (Å²) in [5.41, 5.74) is 1.28. The fourth-order valence-electron chi connectivity index (χ4n) is 3.79. The maximum Gasteiger partial charge on any atom is 0.231 e. The third-order valence-corrected chi connectivity index (χ3v) is 5.59. The van der Waals surface area contributed by atoms with Gasteiger partial charge in [0.05, 0.1) is 0 Å². The fourth-order valence-corrected chi connectivity index (χ4v) is 3.92. The molecule has 4 rings (SSSR count).